The molecular weight excluding hydrogens is 368 g/mol. The van der Waals surface area contributed by atoms with Crippen LogP contribution in [0.15, 0.2) is 53.5 Å². The summed E-state index contributed by atoms with van der Waals surface area (Å²) in [4.78, 5) is 4.24. The lowest BCUT2D eigenvalue weighted by molar-refractivity contribution is 0.142. The Morgan fingerprint density at radius 3 is 2.32 bits per heavy atom. The molecule has 0 spiro atoms. The van der Waals surface area contributed by atoms with E-state index >= 15 is 0 Å². The number of aliphatic imine (C=N–C) groups is 1. The first-order chi connectivity index (χ1) is 13.6. The van der Waals surface area contributed by atoms with Crippen LogP contribution in [0.3, 0.4) is 0 Å². The first-order valence-corrected chi connectivity index (χ1v) is 10.2. The number of aryl methyl sites for hydroxylation is 2. The van der Waals surface area contributed by atoms with Gasteiger partial charge in [-0.05, 0) is 48.2 Å². The van der Waals surface area contributed by atoms with Gasteiger partial charge in [0.05, 0.1) is 13.2 Å². The van der Waals surface area contributed by atoms with Crippen molar-refractivity contribution in [2.75, 3.05) is 25.1 Å². The SMILES string of the molecule is CCc1cccc(CC)c1NC(N)=NC(=S)NCCOCCc1ccccc1. The van der Waals surface area contributed by atoms with Gasteiger partial charge in [0.15, 0.2) is 5.11 Å². The van der Waals surface area contributed by atoms with Gasteiger partial charge in [-0.25, -0.2) is 0 Å². The Labute approximate surface area is 173 Å². The maximum Gasteiger partial charge on any atom is 0.200 e. The summed E-state index contributed by atoms with van der Waals surface area (Å²) in [6, 6.07) is 16.5. The molecule has 0 fully saturated rings. The van der Waals surface area contributed by atoms with E-state index in [0.29, 0.717) is 24.9 Å². The van der Waals surface area contributed by atoms with Crippen molar-refractivity contribution in [3.05, 3.63) is 65.2 Å². The van der Waals surface area contributed by atoms with Crippen molar-refractivity contribution in [3.63, 3.8) is 0 Å². The van der Waals surface area contributed by atoms with Gasteiger partial charge in [-0.3, -0.25) is 0 Å². The second kappa shape index (κ2) is 12.1. The minimum Gasteiger partial charge on any atom is -0.379 e. The fraction of sp³-hybridized carbons (Fsp3) is 0.364. The Bertz CT molecular complexity index is 755. The lowest BCUT2D eigenvalue weighted by Gasteiger charge is -2.15. The van der Waals surface area contributed by atoms with Crippen molar-refractivity contribution >= 4 is 29.0 Å². The van der Waals surface area contributed by atoms with Crippen LogP contribution >= 0.6 is 12.2 Å². The second-order valence-electron chi connectivity index (χ2n) is 6.36. The fourth-order valence-electron chi connectivity index (χ4n) is 2.87. The Kier molecular flexibility index (Phi) is 9.45. The van der Waals surface area contributed by atoms with E-state index < -0.39 is 0 Å². The molecule has 0 aliphatic heterocycles. The Balaban J connectivity index is 1.73. The number of hydrogen-bond acceptors (Lipinski definition) is 2. The van der Waals surface area contributed by atoms with Crippen LogP contribution in [0, 0.1) is 0 Å². The number of nitrogens with zero attached hydrogens (tertiary/aromatic N) is 1. The average molecular weight is 399 g/mol. The van der Waals surface area contributed by atoms with Crippen LogP contribution < -0.4 is 16.4 Å². The minimum absolute atomic E-state index is 0.290. The summed E-state index contributed by atoms with van der Waals surface area (Å²) in [6.45, 7) is 6.08. The van der Waals surface area contributed by atoms with E-state index in [1.165, 1.54) is 16.7 Å². The van der Waals surface area contributed by atoms with Crippen LogP contribution in [0.2, 0.25) is 0 Å². The molecule has 6 heteroatoms. The topological polar surface area (TPSA) is 71.7 Å². The zero-order valence-corrected chi connectivity index (χ0v) is 17.5. The Hall–Kier alpha value is -2.44. The number of para-hydroxylation sites is 1. The number of thiocarbonyl (C=S) groups is 1. The smallest absolute Gasteiger partial charge is 0.200 e. The van der Waals surface area contributed by atoms with E-state index in [0.717, 1.165) is 24.9 Å². The van der Waals surface area contributed by atoms with E-state index in [-0.39, 0.29) is 5.96 Å². The highest BCUT2D eigenvalue weighted by Gasteiger charge is 2.07. The number of guanidine groups is 1. The van der Waals surface area contributed by atoms with E-state index in [9.17, 15) is 0 Å². The molecule has 28 heavy (non-hydrogen) atoms. The third kappa shape index (κ3) is 7.29. The van der Waals surface area contributed by atoms with Crippen LogP contribution in [0.1, 0.15) is 30.5 Å². The molecule has 5 nitrogen and oxygen atoms in total. The molecule has 2 rings (SSSR count). The van der Waals surface area contributed by atoms with Gasteiger partial charge in [0, 0.05) is 12.2 Å². The molecular formula is C22H30N4OS. The van der Waals surface area contributed by atoms with Crippen LogP contribution in [-0.4, -0.2) is 30.8 Å². The van der Waals surface area contributed by atoms with Crippen LogP contribution in [0.4, 0.5) is 5.69 Å². The van der Waals surface area contributed by atoms with Gasteiger partial charge in [0.1, 0.15) is 0 Å². The molecule has 0 unspecified atom stereocenters. The van der Waals surface area contributed by atoms with Crippen molar-refractivity contribution < 1.29 is 4.74 Å². The average Bonchev–Trinajstić information content (AvgIpc) is 2.71. The number of benzene rings is 2. The van der Waals surface area contributed by atoms with Crippen molar-refractivity contribution in [1.82, 2.24) is 5.32 Å². The lowest BCUT2D eigenvalue weighted by Crippen LogP contribution is -2.30. The number of ether oxygens (including phenoxy) is 1. The highest BCUT2D eigenvalue weighted by Crippen LogP contribution is 2.22. The fourth-order valence-corrected chi connectivity index (χ4v) is 3.08. The summed E-state index contributed by atoms with van der Waals surface area (Å²) in [5.41, 5.74) is 10.8. The molecule has 0 heterocycles. The molecule has 0 aliphatic rings. The van der Waals surface area contributed by atoms with Crippen LogP contribution in [-0.2, 0) is 24.0 Å². The summed E-state index contributed by atoms with van der Waals surface area (Å²) in [6.07, 6.45) is 2.75. The highest BCUT2D eigenvalue weighted by molar-refractivity contribution is 7.80. The van der Waals surface area contributed by atoms with Gasteiger partial charge in [0.2, 0.25) is 5.96 Å². The maximum absolute atomic E-state index is 6.05. The van der Waals surface area contributed by atoms with Gasteiger partial charge in [-0.15, -0.1) is 0 Å². The molecule has 150 valence electrons. The lowest BCUT2D eigenvalue weighted by atomic mass is 10.0. The number of hydrogen-bond donors (Lipinski definition) is 3. The highest BCUT2D eigenvalue weighted by atomic mass is 32.1. The predicted octanol–water partition coefficient (Wildman–Crippen LogP) is 3.67. The number of nitrogens with two attached hydrogens (primary N) is 1. The van der Waals surface area contributed by atoms with E-state index in [4.69, 9.17) is 22.7 Å². The predicted molar refractivity (Wildman–Crippen MR) is 122 cm³/mol. The Morgan fingerprint density at radius 1 is 1.00 bits per heavy atom. The molecule has 0 amide bonds. The van der Waals surface area contributed by atoms with Gasteiger partial charge < -0.3 is 21.1 Å². The zero-order chi connectivity index (χ0) is 20.2. The molecule has 0 aliphatic carbocycles. The first-order valence-electron chi connectivity index (χ1n) is 9.75. The number of rotatable bonds is 9. The van der Waals surface area contributed by atoms with Crippen molar-refractivity contribution in [3.8, 4) is 0 Å². The normalized spacial score (nSPS) is 11.3. The quantitative estimate of drug-likeness (QED) is 0.260. The van der Waals surface area contributed by atoms with Gasteiger partial charge in [-0.1, -0.05) is 62.4 Å². The standard InChI is InChI=1S/C22H30N4OS/c1-3-18-11-8-12-19(4-2)20(18)25-21(23)26-22(28)24-14-16-27-15-13-17-9-6-5-7-10-17/h5-12H,3-4,13-16H2,1-2H3,(H4,23,24,25,26,28). The molecule has 0 aromatic heterocycles. The molecule has 2 aromatic carbocycles. The second-order valence-corrected chi connectivity index (χ2v) is 6.75. The summed E-state index contributed by atoms with van der Waals surface area (Å²) in [7, 11) is 0. The van der Waals surface area contributed by atoms with E-state index in [1.54, 1.807) is 0 Å². The summed E-state index contributed by atoms with van der Waals surface area (Å²) in [5.74, 6) is 0.290. The minimum atomic E-state index is 0.290. The van der Waals surface area contributed by atoms with Gasteiger partial charge >= 0.3 is 0 Å². The molecule has 0 bridgehead atoms. The molecule has 0 saturated heterocycles. The van der Waals surface area contributed by atoms with Crippen LogP contribution in [0.5, 0.6) is 0 Å². The zero-order valence-electron chi connectivity index (χ0n) is 16.7. The monoisotopic (exact) mass is 398 g/mol. The van der Waals surface area contributed by atoms with Crippen molar-refractivity contribution in [1.29, 1.82) is 0 Å². The van der Waals surface area contributed by atoms with E-state index in [1.807, 2.05) is 18.2 Å². The van der Waals surface area contributed by atoms with Crippen molar-refractivity contribution in [2.45, 2.75) is 33.1 Å². The van der Waals surface area contributed by atoms with Gasteiger partial charge in [0.25, 0.3) is 0 Å². The summed E-state index contributed by atoms with van der Waals surface area (Å²) >= 11 is 5.25. The largest absolute Gasteiger partial charge is 0.379 e. The first kappa shape index (κ1) is 21.9. The maximum atomic E-state index is 6.05. The molecule has 0 radical (unpaired) electrons. The molecule has 4 N–H and O–H groups in total. The Morgan fingerprint density at radius 2 is 1.68 bits per heavy atom. The van der Waals surface area contributed by atoms with E-state index in [2.05, 4.69) is 59.8 Å². The molecule has 0 atom stereocenters. The molecule has 2 aromatic rings. The summed E-state index contributed by atoms with van der Waals surface area (Å²) < 4.78 is 5.63. The van der Waals surface area contributed by atoms with Crippen molar-refractivity contribution in [2.24, 2.45) is 10.7 Å². The van der Waals surface area contributed by atoms with Crippen LogP contribution in [0.25, 0.3) is 0 Å². The molecule has 0 saturated carbocycles. The third-order valence-corrected chi connectivity index (χ3v) is 4.61. The summed E-state index contributed by atoms with van der Waals surface area (Å²) in [5, 5.41) is 6.61. The van der Waals surface area contributed by atoms with Gasteiger partial charge in [-0.2, -0.15) is 4.99 Å². The number of anilines is 1. The third-order valence-electron chi connectivity index (χ3n) is 4.37. The number of nitrogens with one attached hydrogen (secondary N) is 2.